The summed E-state index contributed by atoms with van der Waals surface area (Å²) in [5, 5.41) is 21.8. The van der Waals surface area contributed by atoms with Crippen LogP contribution in [0.4, 0.5) is 16.3 Å². The highest BCUT2D eigenvalue weighted by molar-refractivity contribution is 5.97. The Labute approximate surface area is 275 Å². The SMILES string of the molecule is Cc1cccc2cccc(N3CCc4c(nc(OC[C@@H]5CCCN5Cc5ccccc5)nc4N4CCN(C(=O)O)[C@@H](CC#N)C4)C3)c12. The zero-order valence-corrected chi connectivity index (χ0v) is 26.9. The fourth-order valence-corrected chi connectivity index (χ4v) is 7.55. The number of ether oxygens (including phenoxy) is 1. The Morgan fingerprint density at radius 3 is 2.62 bits per heavy atom. The largest absolute Gasteiger partial charge is 0.465 e. The zero-order chi connectivity index (χ0) is 32.3. The fourth-order valence-electron chi connectivity index (χ4n) is 7.55. The minimum Gasteiger partial charge on any atom is -0.465 e. The van der Waals surface area contributed by atoms with E-state index in [4.69, 9.17) is 14.7 Å². The molecule has 1 aromatic heterocycles. The van der Waals surface area contributed by atoms with Crippen LogP contribution in [0.1, 0.15) is 41.6 Å². The Kier molecular flexibility index (Phi) is 8.81. The van der Waals surface area contributed by atoms with Crippen LogP contribution >= 0.6 is 0 Å². The molecule has 0 radical (unpaired) electrons. The van der Waals surface area contributed by atoms with Gasteiger partial charge in [-0.1, -0.05) is 60.7 Å². The number of hydrogen-bond donors (Lipinski definition) is 1. The van der Waals surface area contributed by atoms with E-state index < -0.39 is 12.1 Å². The van der Waals surface area contributed by atoms with Crippen molar-refractivity contribution in [2.75, 3.05) is 49.1 Å². The number of anilines is 2. The van der Waals surface area contributed by atoms with E-state index in [1.165, 1.54) is 32.5 Å². The van der Waals surface area contributed by atoms with Crippen LogP contribution in [0.5, 0.6) is 6.01 Å². The number of benzene rings is 3. The van der Waals surface area contributed by atoms with Crippen molar-refractivity contribution < 1.29 is 14.6 Å². The first-order valence-electron chi connectivity index (χ1n) is 16.6. The molecule has 0 bridgehead atoms. The van der Waals surface area contributed by atoms with Gasteiger partial charge in [0.1, 0.15) is 12.4 Å². The van der Waals surface area contributed by atoms with Gasteiger partial charge in [0.15, 0.2) is 0 Å². The molecular formula is C37H41N7O3. The maximum Gasteiger partial charge on any atom is 0.407 e. The van der Waals surface area contributed by atoms with Gasteiger partial charge in [0, 0.05) is 55.4 Å². The molecule has 242 valence electrons. The maximum atomic E-state index is 12.0. The molecule has 4 heterocycles. The molecule has 1 amide bonds. The minimum absolute atomic E-state index is 0.132. The average Bonchev–Trinajstić information content (AvgIpc) is 3.53. The Morgan fingerprint density at radius 1 is 0.979 bits per heavy atom. The number of nitriles is 1. The molecular weight excluding hydrogens is 590 g/mol. The van der Waals surface area contributed by atoms with Gasteiger partial charge in [0.25, 0.3) is 0 Å². The lowest BCUT2D eigenvalue weighted by atomic mass is 9.99. The normalized spacial score (nSPS) is 19.9. The second-order valence-corrected chi connectivity index (χ2v) is 12.9. The molecule has 2 fully saturated rings. The van der Waals surface area contributed by atoms with E-state index in [1.54, 1.807) is 0 Å². The summed E-state index contributed by atoms with van der Waals surface area (Å²) in [6.07, 6.45) is 2.09. The molecule has 3 aliphatic rings. The maximum absolute atomic E-state index is 12.0. The number of amides is 1. The molecule has 10 nitrogen and oxygen atoms in total. The molecule has 0 saturated carbocycles. The number of fused-ring (bicyclic) bond motifs is 2. The van der Waals surface area contributed by atoms with Crippen molar-refractivity contribution in [3.8, 4) is 12.1 Å². The van der Waals surface area contributed by atoms with Crippen molar-refractivity contribution in [1.29, 1.82) is 5.26 Å². The Bertz CT molecular complexity index is 1790. The third-order valence-corrected chi connectivity index (χ3v) is 9.94. The van der Waals surface area contributed by atoms with Gasteiger partial charge in [0.2, 0.25) is 0 Å². The van der Waals surface area contributed by atoms with Crippen molar-refractivity contribution in [3.63, 3.8) is 0 Å². The topological polar surface area (TPSA) is 109 Å². The molecule has 0 aliphatic carbocycles. The highest BCUT2D eigenvalue weighted by atomic mass is 16.5. The first kappa shape index (κ1) is 30.8. The third kappa shape index (κ3) is 6.41. The van der Waals surface area contributed by atoms with E-state index in [0.29, 0.717) is 38.8 Å². The van der Waals surface area contributed by atoms with Crippen LogP contribution in [0.3, 0.4) is 0 Å². The summed E-state index contributed by atoms with van der Waals surface area (Å²) in [6.45, 7) is 7.23. The molecule has 2 atom stereocenters. The standard InChI is InChI=1S/C37H41N7O3/c1-26-8-5-11-28-12-6-14-33(34(26)28)42-19-16-31-32(24-42)39-36(40-35(31)43-20-21-44(37(45)46)29(23-43)15-17-38)47-25-30-13-7-18-41(30)22-27-9-3-2-4-10-27/h2-6,8-12,14,29-30H,7,13,15-16,18-25H2,1H3,(H,45,46)/t29-,30-/m0/s1. The lowest BCUT2D eigenvalue weighted by molar-refractivity contribution is 0.118. The van der Waals surface area contributed by atoms with Crippen molar-refractivity contribution in [2.45, 2.75) is 57.8 Å². The van der Waals surface area contributed by atoms with E-state index in [2.05, 4.69) is 88.4 Å². The summed E-state index contributed by atoms with van der Waals surface area (Å²) in [5.41, 5.74) is 5.75. The number of rotatable bonds is 8. The van der Waals surface area contributed by atoms with Crippen LogP contribution in [0.25, 0.3) is 10.8 Å². The van der Waals surface area contributed by atoms with Crippen LogP contribution in [0, 0.1) is 18.3 Å². The smallest absolute Gasteiger partial charge is 0.407 e. The molecule has 2 saturated heterocycles. The molecule has 1 N–H and O–H groups in total. The first-order valence-corrected chi connectivity index (χ1v) is 16.6. The Hall–Kier alpha value is -4.88. The van der Waals surface area contributed by atoms with Crippen molar-refractivity contribution in [3.05, 3.63) is 89.1 Å². The number of carbonyl (C=O) groups is 1. The number of nitrogens with zero attached hydrogens (tertiary/aromatic N) is 7. The monoisotopic (exact) mass is 631 g/mol. The van der Waals surface area contributed by atoms with E-state index in [9.17, 15) is 15.2 Å². The quantitative estimate of drug-likeness (QED) is 0.265. The van der Waals surface area contributed by atoms with E-state index in [1.807, 2.05) is 6.07 Å². The van der Waals surface area contributed by atoms with Crippen molar-refractivity contribution in [1.82, 2.24) is 19.8 Å². The van der Waals surface area contributed by atoms with E-state index >= 15 is 0 Å². The summed E-state index contributed by atoms with van der Waals surface area (Å²) < 4.78 is 6.45. The van der Waals surface area contributed by atoms with Gasteiger partial charge in [-0.15, -0.1) is 0 Å². The second-order valence-electron chi connectivity index (χ2n) is 12.9. The van der Waals surface area contributed by atoms with Gasteiger partial charge in [0.05, 0.1) is 30.8 Å². The van der Waals surface area contributed by atoms with E-state index in [0.717, 1.165) is 56.0 Å². The van der Waals surface area contributed by atoms with Gasteiger partial charge in [-0.2, -0.15) is 15.2 Å². The van der Waals surface area contributed by atoms with Crippen molar-refractivity contribution in [2.24, 2.45) is 0 Å². The number of hydrogen-bond acceptors (Lipinski definition) is 8. The number of likely N-dealkylation sites (tertiary alicyclic amines) is 1. The molecule has 0 unspecified atom stereocenters. The average molecular weight is 632 g/mol. The molecule has 47 heavy (non-hydrogen) atoms. The summed E-state index contributed by atoms with van der Waals surface area (Å²) in [4.78, 5) is 30.4. The molecule has 10 heteroatoms. The summed E-state index contributed by atoms with van der Waals surface area (Å²) in [5.74, 6) is 0.805. The van der Waals surface area contributed by atoms with Crippen LogP contribution in [-0.2, 0) is 19.5 Å². The molecule has 3 aliphatic heterocycles. The minimum atomic E-state index is -0.990. The number of carboxylic acid groups (broad SMARTS) is 1. The molecule has 7 rings (SSSR count). The predicted molar refractivity (Wildman–Crippen MR) is 182 cm³/mol. The van der Waals surface area contributed by atoms with Gasteiger partial charge >= 0.3 is 12.1 Å². The van der Waals surface area contributed by atoms with Gasteiger partial charge in [-0.3, -0.25) is 4.90 Å². The second kappa shape index (κ2) is 13.5. The number of aromatic nitrogens is 2. The number of aryl methyl sites for hydroxylation is 1. The van der Waals surface area contributed by atoms with Gasteiger partial charge < -0.3 is 24.5 Å². The molecule has 0 spiro atoms. The summed E-state index contributed by atoms with van der Waals surface area (Å²) in [6, 6.07) is 25.8. The van der Waals surface area contributed by atoms with Crippen LogP contribution in [-0.4, -0.2) is 82.4 Å². The Balaban J connectivity index is 1.19. The number of piperazine rings is 1. The predicted octanol–water partition coefficient (Wildman–Crippen LogP) is 5.63. The molecule has 4 aromatic rings. The summed E-state index contributed by atoms with van der Waals surface area (Å²) in [7, 11) is 0. The lowest BCUT2D eigenvalue weighted by Gasteiger charge is -2.41. The third-order valence-electron chi connectivity index (χ3n) is 9.94. The van der Waals surface area contributed by atoms with Crippen LogP contribution < -0.4 is 14.5 Å². The van der Waals surface area contributed by atoms with Crippen molar-refractivity contribution >= 4 is 28.4 Å². The molecule has 3 aromatic carbocycles. The zero-order valence-electron chi connectivity index (χ0n) is 26.9. The van der Waals surface area contributed by atoms with Gasteiger partial charge in [-0.05, 0) is 55.3 Å². The highest BCUT2D eigenvalue weighted by Gasteiger charge is 2.34. The fraction of sp³-hybridized carbons (Fsp3) is 0.405. The van der Waals surface area contributed by atoms with E-state index in [-0.39, 0.29) is 12.5 Å². The van der Waals surface area contributed by atoms with Crippen LogP contribution in [0.15, 0.2) is 66.7 Å². The Morgan fingerprint density at radius 2 is 1.81 bits per heavy atom. The first-order chi connectivity index (χ1) is 23.0. The lowest BCUT2D eigenvalue weighted by Crippen LogP contribution is -2.55. The highest BCUT2D eigenvalue weighted by Crippen LogP contribution is 2.36. The summed E-state index contributed by atoms with van der Waals surface area (Å²) >= 11 is 0. The van der Waals surface area contributed by atoms with Gasteiger partial charge in [-0.25, -0.2) is 4.79 Å². The van der Waals surface area contributed by atoms with Crippen LogP contribution in [0.2, 0.25) is 0 Å².